The number of carbonyl (C=O) groups is 1. The van der Waals surface area contributed by atoms with Gasteiger partial charge in [-0.2, -0.15) is 5.26 Å². The van der Waals surface area contributed by atoms with E-state index < -0.39 is 0 Å². The van der Waals surface area contributed by atoms with Crippen molar-refractivity contribution in [2.24, 2.45) is 0 Å². The molecule has 0 bridgehead atoms. The molecule has 23 heavy (non-hydrogen) atoms. The molecule has 1 aliphatic heterocycles. The second-order valence-corrected chi connectivity index (χ2v) is 6.04. The van der Waals surface area contributed by atoms with Gasteiger partial charge >= 0.3 is 0 Å². The van der Waals surface area contributed by atoms with Gasteiger partial charge in [0, 0.05) is 23.5 Å². The van der Waals surface area contributed by atoms with Crippen molar-refractivity contribution >= 4 is 23.4 Å². The molecule has 0 saturated carbocycles. The van der Waals surface area contributed by atoms with Gasteiger partial charge in [-0.15, -0.1) is 11.8 Å². The number of hydrogen-bond donors (Lipinski definition) is 2. The first-order valence-electron chi connectivity index (χ1n) is 7.32. The van der Waals surface area contributed by atoms with E-state index in [1.807, 2.05) is 24.5 Å². The van der Waals surface area contributed by atoms with Gasteiger partial charge in [-0.25, -0.2) is 0 Å². The molecular formula is C17H16N4OS. The lowest BCUT2D eigenvalue weighted by atomic mass is 10.0. The lowest BCUT2D eigenvalue weighted by molar-refractivity contribution is 0.103. The highest BCUT2D eigenvalue weighted by Crippen LogP contribution is 2.32. The number of pyridine rings is 1. The highest BCUT2D eigenvalue weighted by atomic mass is 32.2. The summed E-state index contributed by atoms with van der Waals surface area (Å²) in [7, 11) is 0. The van der Waals surface area contributed by atoms with E-state index in [4.69, 9.17) is 5.41 Å². The summed E-state index contributed by atoms with van der Waals surface area (Å²) in [4.78, 5) is 13.6. The molecule has 1 aliphatic rings. The van der Waals surface area contributed by atoms with Crippen LogP contribution in [0, 0.1) is 16.7 Å². The molecule has 0 aliphatic carbocycles. The molecule has 0 fully saturated rings. The van der Waals surface area contributed by atoms with Crippen molar-refractivity contribution in [2.45, 2.75) is 17.9 Å². The van der Waals surface area contributed by atoms with Gasteiger partial charge in [0.05, 0.1) is 5.56 Å². The van der Waals surface area contributed by atoms with Gasteiger partial charge in [0.15, 0.2) is 5.78 Å². The van der Waals surface area contributed by atoms with E-state index in [0.29, 0.717) is 28.4 Å². The number of fused-ring (bicyclic) bond motifs is 1. The third-order valence-corrected chi connectivity index (χ3v) is 4.71. The highest BCUT2D eigenvalue weighted by molar-refractivity contribution is 7.98. The largest absolute Gasteiger partial charge is 0.371 e. The number of nitrogens with zero attached hydrogens (tertiary/aromatic N) is 2. The standard InChI is InChI=1S/C17H16N4OS/c1-23-15-12(10-18)16(19)21-9-5-8-20-17(21)13(15)14(22)11-6-3-2-4-7-11/h2-4,6-7,19-20H,5,8-9H2,1H3. The van der Waals surface area contributed by atoms with Crippen molar-refractivity contribution in [1.29, 1.82) is 10.7 Å². The fraction of sp³-hybridized carbons (Fsp3) is 0.235. The van der Waals surface area contributed by atoms with E-state index in [9.17, 15) is 10.1 Å². The monoisotopic (exact) mass is 324 g/mol. The predicted octanol–water partition coefficient (Wildman–Crippen LogP) is 2.61. The lowest BCUT2D eigenvalue weighted by Gasteiger charge is -2.25. The number of aromatic nitrogens is 1. The molecule has 0 atom stereocenters. The average Bonchev–Trinajstić information content (AvgIpc) is 2.61. The molecule has 0 amide bonds. The summed E-state index contributed by atoms with van der Waals surface area (Å²) in [6.45, 7) is 1.40. The van der Waals surface area contributed by atoms with Crippen molar-refractivity contribution in [2.75, 3.05) is 18.1 Å². The summed E-state index contributed by atoms with van der Waals surface area (Å²) >= 11 is 1.34. The number of carbonyl (C=O) groups excluding carboxylic acids is 1. The number of ketones is 1. The van der Waals surface area contributed by atoms with E-state index in [1.54, 1.807) is 16.7 Å². The molecule has 0 unspecified atom stereocenters. The van der Waals surface area contributed by atoms with E-state index in [2.05, 4.69) is 11.4 Å². The van der Waals surface area contributed by atoms with E-state index in [-0.39, 0.29) is 16.8 Å². The Labute approximate surface area is 138 Å². The minimum Gasteiger partial charge on any atom is -0.371 e. The molecule has 5 nitrogen and oxygen atoms in total. The molecule has 116 valence electrons. The van der Waals surface area contributed by atoms with Crippen molar-refractivity contribution < 1.29 is 4.79 Å². The van der Waals surface area contributed by atoms with Crippen molar-refractivity contribution in [3.63, 3.8) is 0 Å². The van der Waals surface area contributed by atoms with Crippen LogP contribution in [0.2, 0.25) is 0 Å². The van der Waals surface area contributed by atoms with Crippen LogP contribution in [0.25, 0.3) is 0 Å². The topological polar surface area (TPSA) is 81.7 Å². The van der Waals surface area contributed by atoms with Crippen LogP contribution in [-0.2, 0) is 6.54 Å². The van der Waals surface area contributed by atoms with Crippen LogP contribution in [0.3, 0.4) is 0 Å². The zero-order valence-electron chi connectivity index (χ0n) is 12.7. The van der Waals surface area contributed by atoms with Gasteiger partial charge in [-0.05, 0) is 12.7 Å². The third-order valence-electron chi connectivity index (χ3n) is 3.90. The van der Waals surface area contributed by atoms with E-state index in [1.165, 1.54) is 11.8 Å². The Morgan fingerprint density at radius 2 is 2.13 bits per heavy atom. The van der Waals surface area contributed by atoms with Crippen LogP contribution in [0.5, 0.6) is 0 Å². The van der Waals surface area contributed by atoms with Gasteiger partial charge in [0.2, 0.25) is 0 Å². The number of nitriles is 1. The van der Waals surface area contributed by atoms with E-state index in [0.717, 1.165) is 13.0 Å². The van der Waals surface area contributed by atoms with Crippen molar-refractivity contribution in [3.8, 4) is 6.07 Å². The van der Waals surface area contributed by atoms with Gasteiger partial charge in [0.25, 0.3) is 0 Å². The predicted molar refractivity (Wildman–Crippen MR) is 89.8 cm³/mol. The lowest BCUT2D eigenvalue weighted by Crippen LogP contribution is -2.33. The maximum Gasteiger partial charge on any atom is 0.197 e. The van der Waals surface area contributed by atoms with E-state index >= 15 is 0 Å². The number of thioether (sulfide) groups is 1. The molecule has 3 rings (SSSR count). The van der Waals surface area contributed by atoms with Crippen molar-refractivity contribution in [3.05, 3.63) is 52.5 Å². The minimum absolute atomic E-state index is 0.121. The van der Waals surface area contributed by atoms with Crippen LogP contribution in [-0.4, -0.2) is 23.2 Å². The Hall–Kier alpha value is -2.52. The summed E-state index contributed by atoms with van der Waals surface area (Å²) in [6, 6.07) is 11.2. The third kappa shape index (κ3) is 2.53. The molecule has 0 saturated heterocycles. The number of rotatable bonds is 3. The summed E-state index contributed by atoms with van der Waals surface area (Å²) in [5, 5.41) is 21.0. The smallest absolute Gasteiger partial charge is 0.197 e. The fourth-order valence-electron chi connectivity index (χ4n) is 2.83. The van der Waals surface area contributed by atoms with Gasteiger partial charge in [0.1, 0.15) is 22.9 Å². The molecule has 6 heteroatoms. The summed E-state index contributed by atoms with van der Waals surface area (Å²) in [5.74, 6) is 0.531. The van der Waals surface area contributed by atoms with Gasteiger partial charge in [-0.3, -0.25) is 10.2 Å². The molecule has 0 spiro atoms. The van der Waals surface area contributed by atoms with Gasteiger partial charge in [-0.1, -0.05) is 30.3 Å². The minimum atomic E-state index is -0.121. The van der Waals surface area contributed by atoms with Crippen LogP contribution in [0.1, 0.15) is 27.9 Å². The zero-order chi connectivity index (χ0) is 16.4. The Kier molecular flexibility index (Phi) is 4.22. The number of nitrogens with one attached hydrogen (secondary N) is 2. The summed E-state index contributed by atoms with van der Waals surface area (Å²) in [5.41, 5.74) is 1.52. The van der Waals surface area contributed by atoms with Crippen LogP contribution in [0.15, 0.2) is 35.2 Å². The maximum absolute atomic E-state index is 13.0. The SMILES string of the molecule is CSc1c(C(=O)c2ccccc2)c2n(c(=N)c1C#N)CCCN2. The number of anilines is 1. The second kappa shape index (κ2) is 6.31. The second-order valence-electron chi connectivity index (χ2n) is 5.22. The Morgan fingerprint density at radius 3 is 2.78 bits per heavy atom. The highest BCUT2D eigenvalue weighted by Gasteiger charge is 2.26. The molecule has 2 heterocycles. The van der Waals surface area contributed by atoms with Crippen LogP contribution in [0.4, 0.5) is 5.82 Å². The quantitative estimate of drug-likeness (QED) is 0.671. The van der Waals surface area contributed by atoms with Gasteiger partial charge < -0.3 is 9.88 Å². The normalized spacial score (nSPS) is 12.9. The van der Waals surface area contributed by atoms with Crippen LogP contribution < -0.4 is 10.8 Å². The average molecular weight is 324 g/mol. The summed E-state index contributed by atoms with van der Waals surface area (Å²) in [6.07, 6.45) is 2.70. The first-order chi connectivity index (χ1) is 11.2. The molecular weight excluding hydrogens is 308 g/mol. The Bertz CT molecular complexity index is 865. The fourth-order valence-corrected chi connectivity index (χ4v) is 3.57. The molecule has 1 aromatic heterocycles. The zero-order valence-corrected chi connectivity index (χ0v) is 13.5. The molecule has 2 N–H and O–H groups in total. The molecule has 1 aromatic carbocycles. The summed E-state index contributed by atoms with van der Waals surface area (Å²) < 4.78 is 1.73. The first-order valence-corrected chi connectivity index (χ1v) is 8.54. The Balaban J connectivity index is 2.33. The number of hydrogen-bond acceptors (Lipinski definition) is 5. The van der Waals surface area contributed by atoms with Crippen LogP contribution >= 0.6 is 11.8 Å². The first kappa shape index (κ1) is 15.4. The van der Waals surface area contributed by atoms with Crippen molar-refractivity contribution in [1.82, 2.24) is 4.57 Å². The Morgan fingerprint density at radius 1 is 1.39 bits per heavy atom. The number of benzene rings is 1. The molecule has 2 aromatic rings. The maximum atomic E-state index is 13.0. The molecule has 0 radical (unpaired) electrons.